The second-order valence-electron chi connectivity index (χ2n) is 6.51. The third-order valence-corrected chi connectivity index (χ3v) is 4.83. The Hall–Kier alpha value is -0.810. The number of ether oxygens (including phenoxy) is 2. The van der Waals surface area contributed by atoms with Gasteiger partial charge in [0.2, 0.25) is 0 Å². The molecule has 0 spiro atoms. The van der Waals surface area contributed by atoms with Crippen LogP contribution in [-0.4, -0.2) is 52.5 Å². The van der Waals surface area contributed by atoms with E-state index in [-0.39, 0.29) is 0 Å². The first-order valence-corrected chi connectivity index (χ1v) is 8.89. The number of guanidine groups is 1. The number of methoxy groups -OCH3 is 1. The lowest BCUT2D eigenvalue weighted by molar-refractivity contribution is 0.0698. The van der Waals surface area contributed by atoms with Crippen LogP contribution in [0.1, 0.15) is 44.9 Å². The van der Waals surface area contributed by atoms with Crippen LogP contribution < -0.4 is 10.6 Å². The first-order valence-electron chi connectivity index (χ1n) is 8.89. The van der Waals surface area contributed by atoms with Crippen molar-refractivity contribution < 1.29 is 9.47 Å². The molecule has 2 aliphatic rings. The maximum atomic E-state index is 5.45. The summed E-state index contributed by atoms with van der Waals surface area (Å²) in [5, 5.41) is 6.96. The average molecular weight is 311 g/mol. The Balaban J connectivity index is 1.53. The minimum absolute atomic E-state index is 0.646. The van der Waals surface area contributed by atoms with Crippen LogP contribution in [0.4, 0.5) is 0 Å². The molecule has 0 radical (unpaired) electrons. The van der Waals surface area contributed by atoms with Crippen molar-refractivity contribution in [2.45, 2.75) is 51.0 Å². The zero-order valence-electron chi connectivity index (χ0n) is 14.3. The van der Waals surface area contributed by atoms with Crippen LogP contribution in [0, 0.1) is 11.8 Å². The normalized spacial score (nSPS) is 26.0. The second-order valence-corrected chi connectivity index (χ2v) is 6.51. The molecular weight excluding hydrogens is 278 g/mol. The number of rotatable bonds is 9. The molecule has 0 aromatic heterocycles. The molecule has 0 aromatic carbocycles. The lowest BCUT2D eigenvalue weighted by atomic mass is 9.85. The second kappa shape index (κ2) is 10.1. The Bertz CT molecular complexity index is 330. The molecule has 0 amide bonds. The van der Waals surface area contributed by atoms with E-state index >= 15 is 0 Å². The maximum Gasteiger partial charge on any atom is 0.191 e. The Labute approximate surface area is 135 Å². The highest BCUT2D eigenvalue weighted by Crippen LogP contribution is 2.44. The van der Waals surface area contributed by atoms with Crippen molar-refractivity contribution in [3.63, 3.8) is 0 Å². The molecule has 0 bridgehead atoms. The van der Waals surface area contributed by atoms with Gasteiger partial charge in [0, 0.05) is 33.4 Å². The lowest BCUT2D eigenvalue weighted by Crippen LogP contribution is -2.40. The molecule has 2 aliphatic carbocycles. The Morgan fingerprint density at radius 2 is 1.95 bits per heavy atom. The number of hydrogen-bond donors (Lipinski definition) is 2. The van der Waals surface area contributed by atoms with Crippen LogP contribution >= 0.6 is 0 Å². The summed E-state index contributed by atoms with van der Waals surface area (Å²) in [6.45, 7) is 3.00. The van der Waals surface area contributed by atoms with Gasteiger partial charge in [-0.2, -0.15) is 0 Å². The van der Waals surface area contributed by atoms with Crippen LogP contribution in [-0.2, 0) is 9.47 Å². The summed E-state index contributed by atoms with van der Waals surface area (Å²) in [4.78, 5) is 4.33. The van der Waals surface area contributed by atoms with Gasteiger partial charge in [-0.05, 0) is 24.7 Å². The summed E-state index contributed by atoms with van der Waals surface area (Å²) in [6.07, 6.45) is 9.50. The molecule has 2 unspecified atom stereocenters. The van der Waals surface area contributed by atoms with Gasteiger partial charge >= 0.3 is 0 Å². The maximum absolute atomic E-state index is 5.45. The fourth-order valence-corrected chi connectivity index (χ4v) is 3.46. The quantitative estimate of drug-likeness (QED) is 0.389. The van der Waals surface area contributed by atoms with Gasteiger partial charge in [-0.1, -0.05) is 32.1 Å². The number of hydrogen-bond acceptors (Lipinski definition) is 3. The molecular formula is C17H33N3O2. The van der Waals surface area contributed by atoms with E-state index in [4.69, 9.17) is 9.47 Å². The Morgan fingerprint density at radius 3 is 2.68 bits per heavy atom. The molecule has 2 fully saturated rings. The molecule has 0 saturated heterocycles. The number of nitrogens with zero attached hydrogens (tertiary/aromatic N) is 1. The molecule has 22 heavy (non-hydrogen) atoms. The van der Waals surface area contributed by atoms with E-state index in [0.29, 0.717) is 19.3 Å². The van der Waals surface area contributed by atoms with Crippen molar-refractivity contribution in [3.05, 3.63) is 0 Å². The van der Waals surface area contributed by atoms with Crippen molar-refractivity contribution >= 4 is 5.96 Å². The molecule has 2 atom stereocenters. The number of nitrogens with one attached hydrogen (secondary N) is 2. The fraction of sp³-hybridized carbons (Fsp3) is 0.941. The zero-order valence-corrected chi connectivity index (χ0v) is 14.3. The lowest BCUT2D eigenvalue weighted by Gasteiger charge is -2.22. The molecule has 2 N–H and O–H groups in total. The number of aliphatic imine (C=N–C) groups is 1. The van der Waals surface area contributed by atoms with Crippen LogP contribution in [0.15, 0.2) is 4.99 Å². The van der Waals surface area contributed by atoms with E-state index in [2.05, 4.69) is 15.6 Å². The van der Waals surface area contributed by atoms with Gasteiger partial charge in [0.25, 0.3) is 0 Å². The van der Waals surface area contributed by atoms with Crippen LogP contribution in [0.2, 0.25) is 0 Å². The first kappa shape index (κ1) is 17.5. The first-order chi connectivity index (χ1) is 10.8. The standard InChI is InChI=1S/C17H33N3O2/c1-18-17(19-9-6-10-22-12-11-21-2)20-16-13-15(16)14-7-4-3-5-8-14/h14-16H,3-13H2,1-2H3,(H2,18,19,20). The largest absolute Gasteiger partial charge is 0.382 e. The van der Waals surface area contributed by atoms with Crippen molar-refractivity contribution in [1.82, 2.24) is 10.6 Å². The summed E-state index contributed by atoms with van der Waals surface area (Å²) in [7, 11) is 3.54. The highest BCUT2D eigenvalue weighted by atomic mass is 16.5. The molecule has 128 valence electrons. The van der Waals surface area contributed by atoms with Crippen molar-refractivity contribution in [3.8, 4) is 0 Å². The summed E-state index contributed by atoms with van der Waals surface area (Å²) in [5.74, 6) is 2.79. The Kier molecular flexibility index (Phi) is 8.02. The van der Waals surface area contributed by atoms with E-state index in [1.54, 1.807) is 7.11 Å². The van der Waals surface area contributed by atoms with Gasteiger partial charge in [0.05, 0.1) is 13.2 Å². The summed E-state index contributed by atoms with van der Waals surface area (Å²) in [6, 6.07) is 0.646. The molecule has 0 aromatic rings. The van der Waals surface area contributed by atoms with Crippen LogP contribution in [0.25, 0.3) is 0 Å². The molecule has 2 saturated carbocycles. The highest BCUT2D eigenvalue weighted by molar-refractivity contribution is 5.80. The molecule has 5 nitrogen and oxygen atoms in total. The predicted molar refractivity (Wildman–Crippen MR) is 90.3 cm³/mol. The highest BCUT2D eigenvalue weighted by Gasteiger charge is 2.43. The molecule has 2 rings (SSSR count). The van der Waals surface area contributed by atoms with E-state index < -0.39 is 0 Å². The van der Waals surface area contributed by atoms with E-state index in [9.17, 15) is 0 Å². The van der Waals surface area contributed by atoms with Crippen LogP contribution in [0.5, 0.6) is 0 Å². The van der Waals surface area contributed by atoms with Crippen molar-refractivity contribution in [2.24, 2.45) is 16.8 Å². The topological polar surface area (TPSA) is 54.9 Å². The zero-order chi connectivity index (χ0) is 15.6. The Morgan fingerprint density at radius 1 is 1.14 bits per heavy atom. The van der Waals surface area contributed by atoms with Gasteiger partial charge in [-0.25, -0.2) is 0 Å². The van der Waals surface area contributed by atoms with Gasteiger partial charge in [-0.15, -0.1) is 0 Å². The van der Waals surface area contributed by atoms with Gasteiger partial charge < -0.3 is 20.1 Å². The van der Waals surface area contributed by atoms with Crippen molar-refractivity contribution in [1.29, 1.82) is 0 Å². The predicted octanol–water partition coefficient (Wildman–Crippen LogP) is 2.17. The summed E-state index contributed by atoms with van der Waals surface area (Å²) in [5.41, 5.74) is 0. The molecule has 0 heterocycles. The monoisotopic (exact) mass is 311 g/mol. The minimum atomic E-state index is 0.646. The van der Waals surface area contributed by atoms with Crippen molar-refractivity contribution in [2.75, 3.05) is 40.5 Å². The smallest absolute Gasteiger partial charge is 0.191 e. The van der Waals surface area contributed by atoms with Crippen LogP contribution in [0.3, 0.4) is 0 Å². The third-order valence-electron chi connectivity index (χ3n) is 4.83. The fourth-order valence-electron chi connectivity index (χ4n) is 3.46. The van der Waals surface area contributed by atoms with E-state index in [1.807, 2.05) is 7.05 Å². The van der Waals surface area contributed by atoms with Gasteiger partial charge in [0.15, 0.2) is 5.96 Å². The average Bonchev–Trinajstić information content (AvgIpc) is 3.33. The third kappa shape index (κ3) is 6.13. The van der Waals surface area contributed by atoms with E-state index in [1.165, 1.54) is 38.5 Å². The summed E-state index contributed by atoms with van der Waals surface area (Å²) < 4.78 is 10.4. The van der Waals surface area contributed by atoms with E-state index in [0.717, 1.165) is 37.4 Å². The molecule has 5 heteroatoms. The van der Waals surface area contributed by atoms with Gasteiger partial charge in [0.1, 0.15) is 0 Å². The molecule has 0 aliphatic heterocycles. The summed E-state index contributed by atoms with van der Waals surface area (Å²) >= 11 is 0. The SMILES string of the molecule is CN=C(NCCCOCCOC)NC1CC1C1CCCCC1. The minimum Gasteiger partial charge on any atom is -0.382 e. The van der Waals surface area contributed by atoms with Gasteiger partial charge in [-0.3, -0.25) is 4.99 Å².